The van der Waals surface area contributed by atoms with E-state index < -0.39 is 0 Å². The Morgan fingerprint density at radius 3 is 2.77 bits per heavy atom. The number of thiazole rings is 1. The fraction of sp³-hybridized carbons (Fsp3) is 0.667. The van der Waals surface area contributed by atoms with Crippen molar-refractivity contribution >= 4 is 16.5 Å². The van der Waals surface area contributed by atoms with E-state index in [2.05, 4.69) is 9.88 Å². The average Bonchev–Trinajstić information content (AvgIpc) is 2.49. The van der Waals surface area contributed by atoms with Gasteiger partial charge in [-0.25, -0.2) is 4.98 Å². The van der Waals surface area contributed by atoms with Crippen LogP contribution >= 0.6 is 11.3 Å². The lowest BCUT2D eigenvalue weighted by atomic mass is 9.88. The molecular weight excluding hydrogens is 184 g/mol. The third-order valence-corrected chi connectivity index (χ3v) is 3.66. The highest BCUT2D eigenvalue weighted by molar-refractivity contribution is 7.13. The van der Waals surface area contributed by atoms with E-state index >= 15 is 0 Å². The molecule has 0 aromatic carbocycles. The number of hydrogen-bond donors (Lipinski definition) is 1. The molecular formula is C9H14N2OS. The van der Waals surface area contributed by atoms with Crippen molar-refractivity contribution in [1.29, 1.82) is 0 Å². The average molecular weight is 198 g/mol. The Morgan fingerprint density at radius 1 is 1.62 bits per heavy atom. The molecule has 0 aliphatic heterocycles. The summed E-state index contributed by atoms with van der Waals surface area (Å²) in [5, 5.41) is 12.5. The lowest BCUT2D eigenvalue weighted by Crippen LogP contribution is -2.48. The molecule has 1 saturated carbocycles. The van der Waals surface area contributed by atoms with Crippen molar-refractivity contribution in [2.75, 3.05) is 11.9 Å². The van der Waals surface area contributed by atoms with Crippen LogP contribution in [0.4, 0.5) is 5.13 Å². The number of likely N-dealkylation sites (N-methyl/N-ethyl adjacent to an activating group) is 1. The predicted molar refractivity (Wildman–Crippen MR) is 54.3 cm³/mol. The molecule has 2 unspecified atom stereocenters. The Hall–Kier alpha value is -0.610. The van der Waals surface area contributed by atoms with Crippen molar-refractivity contribution < 1.29 is 5.11 Å². The Kier molecular flexibility index (Phi) is 2.26. The summed E-state index contributed by atoms with van der Waals surface area (Å²) < 4.78 is 0. The van der Waals surface area contributed by atoms with Crippen LogP contribution in [0.3, 0.4) is 0 Å². The molecule has 0 amide bonds. The summed E-state index contributed by atoms with van der Waals surface area (Å²) in [5.74, 6) is 0. The first-order chi connectivity index (χ1) is 6.18. The monoisotopic (exact) mass is 198 g/mol. The van der Waals surface area contributed by atoms with Crippen molar-refractivity contribution in [3.63, 3.8) is 0 Å². The van der Waals surface area contributed by atoms with E-state index in [1.165, 1.54) is 0 Å². The molecule has 72 valence electrons. The molecule has 1 fully saturated rings. The molecule has 1 aliphatic carbocycles. The molecule has 2 atom stereocenters. The van der Waals surface area contributed by atoms with Gasteiger partial charge in [0, 0.05) is 12.4 Å². The minimum atomic E-state index is -0.158. The highest BCUT2D eigenvalue weighted by Crippen LogP contribution is 2.30. The van der Waals surface area contributed by atoms with E-state index in [0.29, 0.717) is 0 Å². The molecule has 0 bridgehead atoms. The molecule has 1 aromatic rings. The fourth-order valence-corrected chi connectivity index (χ4v) is 2.39. The van der Waals surface area contributed by atoms with Crippen LogP contribution in [-0.4, -0.2) is 29.3 Å². The third kappa shape index (κ3) is 1.56. The molecule has 0 radical (unpaired) electrons. The molecule has 1 aromatic heterocycles. The fourth-order valence-electron chi connectivity index (χ4n) is 1.56. The first kappa shape index (κ1) is 8.97. The number of aliphatic hydroxyl groups excluding tert-OH is 1. The van der Waals surface area contributed by atoms with Crippen LogP contribution in [0.25, 0.3) is 0 Å². The Morgan fingerprint density at radius 2 is 2.38 bits per heavy atom. The van der Waals surface area contributed by atoms with Crippen molar-refractivity contribution in [2.45, 2.75) is 31.9 Å². The molecule has 1 heterocycles. The third-order valence-electron chi connectivity index (χ3n) is 2.61. The lowest BCUT2D eigenvalue weighted by Gasteiger charge is -2.39. The number of aryl methyl sites for hydroxylation is 1. The molecule has 1 aliphatic rings. The second kappa shape index (κ2) is 3.27. The molecule has 1 N–H and O–H groups in total. The van der Waals surface area contributed by atoms with Gasteiger partial charge in [-0.2, -0.15) is 0 Å². The molecule has 4 heteroatoms. The maximum atomic E-state index is 9.48. The summed E-state index contributed by atoms with van der Waals surface area (Å²) in [6.45, 7) is 1.99. The van der Waals surface area contributed by atoms with Crippen LogP contribution in [-0.2, 0) is 0 Å². The van der Waals surface area contributed by atoms with Crippen LogP contribution in [0.15, 0.2) is 5.38 Å². The summed E-state index contributed by atoms with van der Waals surface area (Å²) in [4.78, 5) is 6.47. The van der Waals surface area contributed by atoms with Gasteiger partial charge >= 0.3 is 0 Å². The van der Waals surface area contributed by atoms with Gasteiger partial charge in [0.25, 0.3) is 0 Å². The number of rotatable bonds is 2. The quantitative estimate of drug-likeness (QED) is 0.780. The maximum Gasteiger partial charge on any atom is 0.185 e. The van der Waals surface area contributed by atoms with Crippen LogP contribution < -0.4 is 4.90 Å². The largest absolute Gasteiger partial charge is 0.391 e. The van der Waals surface area contributed by atoms with E-state index in [1.54, 1.807) is 11.3 Å². The van der Waals surface area contributed by atoms with Crippen LogP contribution in [0.1, 0.15) is 18.5 Å². The Balaban J connectivity index is 2.08. The van der Waals surface area contributed by atoms with Crippen molar-refractivity contribution in [2.24, 2.45) is 0 Å². The zero-order valence-corrected chi connectivity index (χ0v) is 8.71. The van der Waals surface area contributed by atoms with Gasteiger partial charge < -0.3 is 10.0 Å². The second-order valence-electron chi connectivity index (χ2n) is 3.59. The number of aromatic nitrogens is 1. The van der Waals surface area contributed by atoms with Crippen LogP contribution in [0, 0.1) is 6.92 Å². The summed E-state index contributed by atoms with van der Waals surface area (Å²) in [5.41, 5.74) is 1.06. The first-order valence-corrected chi connectivity index (χ1v) is 5.39. The second-order valence-corrected chi connectivity index (χ2v) is 4.43. The van der Waals surface area contributed by atoms with E-state index in [-0.39, 0.29) is 12.1 Å². The summed E-state index contributed by atoms with van der Waals surface area (Å²) in [6.07, 6.45) is 1.85. The first-order valence-electron chi connectivity index (χ1n) is 4.51. The topological polar surface area (TPSA) is 36.4 Å². The number of aliphatic hydroxyl groups is 1. The lowest BCUT2D eigenvalue weighted by molar-refractivity contribution is 0.0668. The number of anilines is 1. The zero-order valence-electron chi connectivity index (χ0n) is 7.90. The van der Waals surface area contributed by atoms with E-state index in [0.717, 1.165) is 23.7 Å². The minimum absolute atomic E-state index is 0.158. The van der Waals surface area contributed by atoms with E-state index in [9.17, 15) is 5.11 Å². The molecule has 0 saturated heterocycles. The molecule has 13 heavy (non-hydrogen) atoms. The van der Waals surface area contributed by atoms with E-state index in [1.807, 2.05) is 19.4 Å². The number of nitrogens with zero attached hydrogens (tertiary/aromatic N) is 2. The molecule has 2 rings (SSSR count). The molecule has 3 nitrogen and oxygen atoms in total. The normalized spacial score (nSPS) is 27.0. The van der Waals surface area contributed by atoms with Gasteiger partial charge in [-0.05, 0) is 19.8 Å². The SMILES string of the molecule is Cc1csc(N(C)C2CCC2O)n1. The summed E-state index contributed by atoms with van der Waals surface area (Å²) in [7, 11) is 2.01. The van der Waals surface area contributed by atoms with Gasteiger partial charge in [0.2, 0.25) is 0 Å². The maximum absolute atomic E-state index is 9.48. The van der Waals surface area contributed by atoms with Crippen LogP contribution in [0.2, 0.25) is 0 Å². The van der Waals surface area contributed by atoms with Gasteiger partial charge in [0.1, 0.15) is 0 Å². The van der Waals surface area contributed by atoms with Crippen molar-refractivity contribution in [3.05, 3.63) is 11.1 Å². The highest BCUT2D eigenvalue weighted by Gasteiger charge is 2.33. The standard InChI is InChI=1S/C9H14N2OS/c1-6-5-13-9(10-6)11(2)7-3-4-8(7)12/h5,7-8,12H,3-4H2,1-2H3. The predicted octanol–water partition coefficient (Wildman–Crippen LogP) is 1.41. The van der Waals surface area contributed by atoms with Crippen molar-refractivity contribution in [1.82, 2.24) is 4.98 Å². The highest BCUT2D eigenvalue weighted by atomic mass is 32.1. The Bertz CT molecular complexity index is 300. The van der Waals surface area contributed by atoms with Gasteiger partial charge in [-0.15, -0.1) is 11.3 Å². The van der Waals surface area contributed by atoms with Crippen molar-refractivity contribution in [3.8, 4) is 0 Å². The Labute approximate surface area is 82.0 Å². The summed E-state index contributed by atoms with van der Waals surface area (Å²) >= 11 is 1.64. The molecule has 0 spiro atoms. The minimum Gasteiger partial charge on any atom is -0.391 e. The zero-order chi connectivity index (χ0) is 9.42. The number of hydrogen-bond acceptors (Lipinski definition) is 4. The van der Waals surface area contributed by atoms with Gasteiger partial charge in [0.05, 0.1) is 17.8 Å². The smallest absolute Gasteiger partial charge is 0.185 e. The van der Waals surface area contributed by atoms with Gasteiger partial charge in [0.15, 0.2) is 5.13 Å². The summed E-state index contributed by atoms with van der Waals surface area (Å²) in [6, 6.07) is 0.283. The van der Waals surface area contributed by atoms with E-state index in [4.69, 9.17) is 0 Å². The van der Waals surface area contributed by atoms with Crippen LogP contribution in [0.5, 0.6) is 0 Å². The van der Waals surface area contributed by atoms with Gasteiger partial charge in [-0.1, -0.05) is 0 Å². The van der Waals surface area contributed by atoms with Gasteiger partial charge in [-0.3, -0.25) is 0 Å².